The first-order chi connectivity index (χ1) is 17.5. The average Bonchev–Trinajstić information content (AvgIpc) is 3.21. The number of carbonyl (C=O) groups is 1. The standard InChI is InChI=1S/C22H17ClF6N4O3S2/c1-38(35,36)13-7-17(37-10-13)18-14(21(24,25)26)8-30-20(32-18)31-16-6-11-3-2-4-33(19(34)22(27,28)29)9-12(11)5-15(16)23/h5-8,10H,2-4,9H2,1H3,(H,30,31,32). The minimum Gasteiger partial charge on any atom is -0.331 e. The fourth-order valence-electron chi connectivity index (χ4n) is 3.83. The molecule has 1 aliphatic heterocycles. The van der Waals surface area contributed by atoms with Crippen molar-refractivity contribution in [3.05, 3.63) is 51.5 Å². The molecule has 0 fully saturated rings. The van der Waals surface area contributed by atoms with E-state index in [-0.39, 0.29) is 45.9 Å². The van der Waals surface area contributed by atoms with E-state index in [0.717, 1.165) is 23.7 Å². The molecule has 3 aromatic rings. The van der Waals surface area contributed by atoms with Crippen molar-refractivity contribution in [1.29, 1.82) is 0 Å². The van der Waals surface area contributed by atoms with E-state index in [9.17, 15) is 39.6 Å². The van der Waals surface area contributed by atoms with E-state index in [1.165, 1.54) is 17.5 Å². The van der Waals surface area contributed by atoms with Gasteiger partial charge in [-0.3, -0.25) is 4.79 Å². The monoisotopic (exact) mass is 598 g/mol. The maximum absolute atomic E-state index is 13.7. The first-order valence-corrected chi connectivity index (χ1v) is 13.9. The summed E-state index contributed by atoms with van der Waals surface area (Å²) in [5.74, 6) is -2.23. The third-order valence-electron chi connectivity index (χ3n) is 5.63. The van der Waals surface area contributed by atoms with Gasteiger partial charge in [0.25, 0.3) is 0 Å². The lowest BCUT2D eigenvalue weighted by Crippen LogP contribution is -2.40. The van der Waals surface area contributed by atoms with Crippen molar-refractivity contribution in [2.45, 2.75) is 36.6 Å². The van der Waals surface area contributed by atoms with E-state index >= 15 is 0 Å². The number of rotatable bonds is 4. The van der Waals surface area contributed by atoms with Gasteiger partial charge in [-0.2, -0.15) is 26.3 Å². The van der Waals surface area contributed by atoms with E-state index in [1.807, 2.05) is 0 Å². The molecule has 0 atom stereocenters. The SMILES string of the molecule is CS(=O)(=O)c1csc(-c2nc(Nc3cc4c(cc3Cl)CN(C(=O)C(F)(F)F)CCC4)ncc2C(F)(F)F)c1. The number of nitrogens with zero attached hydrogens (tertiary/aromatic N) is 3. The molecule has 0 saturated carbocycles. The molecular weight excluding hydrogens is 582 g/mol. The number of amides is 1. The van der Waals surface area contributed by atoms with Gasteiger partial charge in [0.1, 0.15) is 5.56 Å². The molecule has 0 unspecified atom stereocenters. The second kappa shape index (κ2) is 10.0. The predicted molar refractivity (Wildman–Crippen MR) is 128 cm³/mol. The molecule has 38 heavy (non-hydrogen) atoms. The molecule has 4 rings (SSSR count). The summed E-state index contributed by atoms with van der Waals surface area (Å²) in [7, 11) is -3.67. The highest BCUT2D eigenvalue weighted by Crippen LogP contribution is 2.40. The van der Waals surface area contributed by atoms with Crippen LogP contribution >= 0.6 is 22.9 Å². The third kappa shape index (κ3) is 6.04. The Balaban J connectivity index is 1.68. The summed E-state index contributed by atoms with van der Waals surface area (Å²) in [6.07, 6.45) is -7.79. The first-order valence-electron chi connectivity index (χ1n) is 10.7. The third-order valence-corrected chi connectivity index (χ3v) is 8.12. The van der Waals surface area contributed by atoms with Crippen LogP contribution in [0.2, 0.25) is 5.02 Å². The Bertz CT molecular complexity index is 1510. The normalized spacial score (nSPS) is 14.7. The van der Waals surface area contributed by atoms with Crippen molar-refractivity contribution in [3.63, 3.8) is 0 Å². The smallest absolute Gasteiger partial charge is 0.331 e. The Hall–Kier alpha value is -2.91. The number of hydrogen-bond donors (Lipinski definition) is 1. The Kier molecular flexibility index (Phi) is 7.40. The molecule has 7 nitrogen and oxygen atoms in total. The summed E-state index contributed by atoms with van der Waals surface area (Å²) >= 11 is 7.07. The number of hydrogen-bond acceptors (Lipinski definition) is 7. The maximum atomic E-state index is 13.7. The Morgan fingerprint density at radius 2 is 1.84 bits per heavy atom. The number of sulfone groups is 1. The van der Waals surface area contributed by atoms with Crippen LogP contribution in [-0.4, -0.2) is 48.2 Å². The fourth-order valence-corrected chi connectivity index (χ4v) is 6.08. The number of fused-ring (bicyclic) bond motifs is 1. The van der Waals surface area contributed by atoms with E-state index < -0.39 is 39.4 Å². The van der Waals surface area contributed by atoms with Gasteiger partial charge in [0.05, 0.1) is 26.2 Å². The van der Waals surface area contributed by atoms with Crippen molar-refractivity contribution >= 4 is 50.3 Å². The average molecular weight is 599 g/mol. The number of halogens is 7. The van der Waals surface area contributed by atoms with Crippen molar-refractivity contribution in [2.75, 3.05) is 18.1 Å². The van der Waals surface area contributed by atoms with Crippen molar-refractivity contribution in [1.82, 2.24) is 14.9 Å². The zero-order valence-electron chi connectivity index (χ0n) is 19.2. The topological polar surface area (TPSA) is 92.3 Å². The largest absolute Gasteiger partial charge is 0.471 e. The molecule has 1 N–H and O–H groups in total. The second-order valence-electron chi connectivity index (χ2n) is 8.43. The predicted octanol–water partition coefficient (Wildman–Crippen LogP) is 5.86. The van der Waals surface area contributed by atoms with Gasteiger partial charge >= 0.3 is 18.3 Å². The molecule has 0 spiro atoms. The number of aromatic nitrogens is 2. The summed E-state index contributed by atoms with van der Waals surface area (Å²) in [4.78, 5) is 19.9. The molecule has 3 heterocycles. The summed E-state index contributed by atoms with van der Waals surface area (Å²) in [6.45, 7) is -0.426. The summed E-state index contributed by atoms with van der Waals surface area (Å²) in [5, 5.41) is 3.95. The van der Waals surface area contributed by atoms with Crippen LogP contribution in [0.25, 0.3) is 10.6 Å². The lowest BCUT2D eigenvalue weighted by molar-refractivity contribution is -0.186. The highest BCUT2D eigenvalue weighted by molar-refractivity contribution is 7.90. The Labute approximate surface area is 221 Å². The molecule has 16 heteroatoms. The van der Waals surface area contributed by atoms with Gasteiger partial charge in [-0.05, 0) is 42.2 Å². The number of alkyl halides is 6. The number of benzene rings is 1. The molecule has 0 saturated heterocycles. The number of aryl methyl sites for hydroxylation is 1. The van der Waals surface area contributed by atoms with Crippen LogP contribution in [0.1, 0.15) is 23.1 Å². The first kappa shape index (κ1) is 28.1. The summed E-state index contributed by atoms with van der Waals surface area (Å²) in [6, 6.07) is 3.99. The van der Waals surface area contributed by atoms with Gasteiger partial charge in [0, 0.05) is 30.9 Å². The van der Waals surface area contributed by atoms with E-state index in [4.69, 9.17) is 11.6 Å². The van der Waals surface area contributed by atoms with Crippen molar-refractivity contribution in [3.8, 4) is 10.6 Å². The fraction of sp³-hybridized carbons (Fsp3) is 0.318. The van der Waals surface area contributed by atoms with Gasteiger partial charge in [0.15, 0.2) is 9.84 Å². The van der Waals surface area contributed by atoms with Gasteiger partial charge in [0.2, 0.25) is 5.95 Å². The van der Waals surface area contributed by atoms with Crippen LogP contribution in [-0.2, 0) is 33.8 Å². The minimum absolute atomic E-state index is 0.0191. The van der Waals surface area contributed by atoms with Gasteiger partial charge < -0.3 is 10.2 Å². The summed E-state index contributed by atoms with van der Waals surface area (Å²) < 4.78 is 103. The van der Waals surface area contributed by atoms with Gasteiger partial charge in [-0.1, -0.05) is 11.6 Å². The molecule has 2 aromatic heterocycles. The van der Waals surface area contributed by atoms with E-state index in [0.29, 0.717) is 28.6 Å². The quantitative estimate of drug-likeness (QED) is 0.378. The lowest BCUT2D eigenvalue weighted by atomic mass is 10.0. The van der Waals surface area contributed by atoms with Crippen LogP contribution in [0.15, 0.2) is 34.7 Å². The van der Waals surface area contributed by atoms with Crippen LogP contribution in [0, 0.1) is 0 Å². The number of thiophene rings is 1. The number of nitrogens with one attached hydrogen (secondary N) is 1. The second-order valence-corrected chi connectivity index (χ2v) is 11.8. The lowest BCUT2D eigenvalue weighted by Gasteiger charge is -2.22. The highest BCUT2D eigenvalue weighted by Gasteiger charge is 2.43. The number of carbonyl (C=O) groups excluding carboxylic acids is 1. The van der Waals surface area contributed by atoms with Gasteiger partial charge in [-0.15, -0.1) is 11.3 Å². The zero-order chi connectivity index (χ0) is 28.0. The molecule has 1 amide bonds. The van der Waals surface area contributed by atoms with Crippen LogP contribution in [0.3, 0.4) is 0 Å². The molecule has 1 aliphatic rings. The highest BCUT2D eigenvalue weighted by atomic mass is 35.5. The molecule has 0 aliphatic carbocycles. The minimum atomic E-state index is -5.02. The summed E-state index contributed by atoms with van der Waals surface area (Å²) in [5.41, 5.74) is -0.529. The molecule has 0 radical (unpaired) electrons. The Morgan fingerprint density at radius 1 is 1.13 bits per heavy atom. The van der Waals surface area contributed by atoms with Crippen molar-refractivity contribution in [2.24, 2.45) is 0 Å². The number of anilines is 2. The van der Waals surface area contributed by atoms with Crippen LogP contribution < -0.4 is 5.32 Å². The maximum Gasteiger partial charge on any atom is 0.471 e. The molecule has 1 aromatic carbocycles. The molecular formula is C22H17ClF6N4O3S2. The zero-order valence-corrected chi connectivity index (χ0v) is 21.6. The van der Waals surface area contributed by atoms with Crippen molar-refractivity contribution < 1.29 is 39.6 Å². The van der Waals surface area contributed by atoms with Gasteiger partial charge in [-0.25, -0.2) is 18.4 Å². The van der Waals surface area contributed by atoms with Crippen LogP contribution in [0.4, 0.5) is 38.0 Å². The van der Waals surface area contributed by atoms with E-state index in [2.05, 4.69) is 15.3 Å². The van der Waals surface area contributed by atoms with Crippen LogP contribution in [0.5, 0.6) is 0 Å². The van der Waals surface area contributed by atoms with E-state index in [1.54, 1.807) is 0 Å². The molecule has 0 bridgehead atoms. The Morgan fingerprint density at radius 3 is 2.45 bits per heavy atom. The molecule has 204 valence electrons.